The molecule has 6 nitrogen and oxygen atoms in total. The Bertz CT molecular complexity index is 457. The second-order valence-electron chi connectivity index (χ2n) is 5.44. The van der Waals surface area contributed by atoms with E-state index in [9.17, 15) is 0 Å². The molecule has 1 aromatic carbocycles. The van der Waals surface area contributed by atoms with Crippen molar-refractivity contribution in [3.63, 3.8) is 0 Å². The number of hydroxylamine groups is 1. The van der Waals surface area contributed by atoms with Crippen molar-refractivity contribution in [3.05, 3.63) is 35.4 Å². The molecule has 2 heterocycles. The van der Waals surface area contributed by atoms with Crippen LogP contribution in [0.5, 0.6) is 0 Å². The summed E-state index contributed by atoms with van der Waals surface area (Å²) in [5.74, 6) is 0. The zero-order valence-electron chi connectivity index (χ0n) is 12.0. The van der Waals surface area contributed by atoms with Crippen LogP contribution >= 0.6 is 11.6 Å². The third kappa shape index (κ3) is 4.14. The zero-order valence-corrected chi connectivity index (χ0v) is 12.8. The number of hydrogen-bond donors (Lipinski definition) is 5. The lowest BCUT2D eigenvalue weighted by Gasteiger charge is -2.28. The first-order valence-electron chi connectivity index (χ1n) is 7.31. The highest BCUT2D eigenvalue weighted by molar-refractivity contribution is 6.20. The molecule has 4 atom stereocenters. The number of rotatable bonds is 4. The van der Waals surface area contributed by atoms with Crippen LogP contribution in [0.2, 0.25) is 0 Å². The Hall–Kier alpha value is -0.730. The van der Waals surface area contributed by atoms with Crippen molar-refractivity contribution in [2.45, 2.75) is 43.9 Å². The predicted octanol–water partition coefficient (Wildman–Crippen LogP) is 0.677. The third-order valence-electron chi connectivity index (χ3n) is 3.74. The molecule has 7 heteroatoms. The van der Waals surface area contributed by atoms with Crippen molar-refractivity contribution >= 4 is 11.6 Å². The van der Waals surface area contributed by atoms with Gasteiger partial charge < -0.3 is 0 Å². The largest absolute Gasteiger partial charge is 0.298 e. The molecule has 3 rings (SSSR count). The summed E-state index contributed by atoms with van der Waals surface area (Å²) in [6.07, 6.45) is 1.21. The molecule has 0 saturated carbocycles. The number of halogens is 1. The van der Waals surface area contributed by atoms with Crippen molar-refractivity contribution in [1.29, 1.82) is 0 Å². The number of benzene rings is 1. The molecule has 21 heavy (non-hydrogen) atoms. The van der Waals surface area contributed by atoms with Crippen molar-refractivity contribution in [3.8, 4) is 0 Å². The molecular formula is C14H22ClN5O. The third-order valence-corrected chi connectivity index (χ3v) is 4.08. The average molecular weight is 312 g/mol. The van der Waals surface area contributed by atoms with Crippen molar-refractivity contribution < 1.29 is 4.84 Å². The van der Waals surface area contributed by atoms with Gasteiger partial charge in [0.05, 0.1) is 11.7 Å². The van der Waals surface area contributed by atoms with Crippen LogP contribution in [0.1, 0.15) is 30.6 Å². The summed E-state index contributed by atoms with van der Waals surface area (Å²) in [5.41, 5.74) is 5.42. The maximum atomic E-state index is 6.08. The van der Waals surface area contributed by atoms with Crippen LogP contribution in [-0.4, -0.2) is 24.6 Å². The molecule has 2 aliphatic rings. The van der Waals surface area contributed by atoms with Gasteiger partial charge in [-0.15, -0.1) is 11.6 Å². The lowest BCUT2D eigenvalue weighted by Crippen LogP contribution is -2.54. The standard InChI is InChI=1S/C14H22ClN5O/c1-9-19-14(20-21-9)11-4-2-10(3-5-11)7-16-13-6-12(15)17-8-18-13/h2-5,9,12-14,16-20H,6-8H2,1H3. The summed E-state index contributed by atoms with van der Waals surface area (Å²) in [6.45, 7) is 3.53. The molecule has 0 aromatic heterocycles. The maximum Gasteiger partial charge on any atom is 0.128 e. The van der Waals surface area contributed by atoms with E-state index in [-0.39, 0.29) is 24.1 Å². The van der Waals surface area contributed by atoms with Gasteiger partial charge in [-0.1, -0.05) is 24.3 Å². The lowest BCUT2D eigenvalue weighted by molar-refractivity contribution is 0.0329. The van der Waals surface area contributed by atoms with Crippen molar-refractivity contribution in [2.75, 3.05) is 6.67 Å². The summed E-state index contributed by atoms with van der Waals surface area (Å²) >= 11 is 6.08. The molecule has 0 amide bonds. The Labute approximate surface area is 129 Å². The fourth-order valence-corrected chi connectivity index (χ4v) is 2.78. The first kappa shape index (κ1) is 15.2. The fraction of sp³-hybridized carbons (Fsp3) is 0.571. The Morgan fingerprint density at radius 1 is 1.29 bits per heavy atom. The zero-order chi connectivity index (χ0) is 14.7. The monoisotopic (exact) mass is 311 g/mol. The van der Waals surface area contributed by atoms with Gasteiger partial charge in [0.15, 0.2) is 0 Å². The average Bonchev–Trinajstić information content (AvgIpc) is 2.92. The molecule has 0 bridgehead atoms. The van der Waals surface area contributed by atoms with E-state index in [0.29, 0.717) is 0 Å². The normalized spacial score (nSPS) is 33.2. The van der Waals surface area contributed by atoms with Gasteiger partial charge in [-0.05, 0) is 18.1 Å². The van der Waals surface area contributed by atoms with E-state index >= 15 is 0 Å². The number of hydrogen-bond acceptors (Lipinski definition) is 6. The first-order valence-corrected chi connectivity index (χ1v) is 7.74. The molecule has 1 aromatic rings. The van der Waals surface area contributed by atoms with Crippen LogP contribution in [0.25, 0.3) is 0 Å². The Balaban J connectivity index is 1.50. The van der Waals surface area contributed by atoms with Crippen LogP contribution in [-0.2, 0) is 11.4 Å². The summed E-state index contributed by atoms with van der Waals surface area (Å²) in [4.78, 5) is 5.29. The summed E-state index contributed by atoms with van der Waals surface area (Å²) in [5, 5.41) is 13.2. The highest BCUT2D eigenvalue weighted by atomic mass is 35.5. The lowest BCUT2D eigenvalue weighted by atomic mass is 10.1. The van der Waals surface area contributed by atoms with Gasteiger partial charge in [-0.2, -0.15) is 5.48 Å². The fourth-order valence-electron chi connectivity index (χ4n) is 2.53. The molecule has 2 aliphatic heterocycles. The SMILES string of the molecule is CC1NC(c2ccc(CNC3CC(Cl)NCN3)cc2)NO1. The number of alkyl halides is 1. The van der Waals surface area contributed by atoms with Gasteiger partial charge in [0.2, 0.25) is 0 Å². The molecule has 4 unspecified atom stereocenters. The summed E-state index contributed by atoms with van der Waals surface area (Å²) < 4.78 is 0. The Morgan fingerprint density at radius 3 is 2.76 bits per heavy atom. The van der Waals surface area contributed by atoms with E-state index in [4.69, 9.17) is 16.4 Å². The predicted molar refractivity (Wildman–Crippen MR) is 82.0 cm³/mol. The van der Waals surface area contributed by atoms with Gasteiger partial charge in [0.1, 0.15) is 12.4 Å². The highest BCUT2D eigenvalue weighted by Crippen LogP contribution is 2.16. The minimum Gasteiger partial charge on any atom is -0.298 e. The van der Waals surface area contributed by atoms with E-state index in [1.54, 1.807) is 0 Å². The summed E-state index contributed by atoms with van der Waals surface area (Å²) in [6, 6.07) is 8.49. The molecule has 0 radical (unpaired) electrons. The molecular weight excluding hydrogens is 290 g/mol. The van der Waals surface area contributed by atoms with E-state index < -0.39 is 0 Å². The van der Waals surface area contributed by atoms with E-state index in [0.717, 1.165) is 19.6 Å². The van der Waals surface area contributed by atoms with Crippen LogP contribution in [0.3, 0.4) is 0 Å². The topological polar surface area (TPSA) is 69.4 Å². The number of nitrogens with one attached hydrogen (secondary N) is 5. The van der Waals surface area contributed by atoms with E-state index in [2.05, 4.69) is 51.0 Å². The van der Waals surface area contributed by atoms with Gasteiger partial charge in [0, 0.05) is 19.6 Å². The van der Waals surface area contributed by atoms with Gasteiger partial charge >= 0.3 is 0 Å². The molecule has 5 N–H and O–H groups in total. The van der Waals surface area contributed by atoms with E-state index in [1.807, 2.05) is 6.92 Å². The molecule has 0 aliphatic carbocycles. The smallest absolute Gasteiger partial charge is 0.128 e. The second-order valence-corrected chi connectivity index (χ2v) is 5.97. The maximum absolute atomic E-state index is 6.08. The minimum atomic E-state index is 0.0332. The first-order chi connectivity index (χ1) is 10.2. The van der Waals surface area contributed by atoms with Crippen molar-refractivity contribution in [1.82, 2.24) is 26.7 Å². The van der Waals surface area contributed by atoms with Crippen LogP contribution < -0.4 is 26.7 Å². The molecule has 116 valence electrons. The highest BCUT2D eigenvalue weighted by Gasteiger charge is 2.22. The van der Waals surface area contributed by atoms with Crippen LogP contribution in [0.4, 0.5) is 0 Å². The molecule has 2 fully saturated rings. The van der Waals surface area contributed by atoms with E-state index in [1.165, 1.54) is 11.1 Å². The molecule has 2 saturated heterocycles. The van der Waals surface area contributed by atoms with Crippen molar-refractivity contribution in [2.24, 2.45) is 0 Å². The molecule has 0 spiro atoms. The summed E-state index contributed by atoms with van der Waals surface area (Å²) in [7, 11) is 0. The van der Waals surface area contributed by atoms with Gasteiger partial charge in [-0.3, -0.25) is 26.1 Å². The Morgan fingerprint density at radius 2 is 2.10 bits per heavy atom. The van der Waals surface area contributed by atoms with Crippen LogP contribution in [0.15, 0.2) is 24.3 Å². The van der Waals surface area contributed by atoms with Gasteiger partial charge in [-0.25, -0.2) is 0 Å². The van der Waals surface area contributed by atoms with Crippen LogP contribution in [0, 0.1) is 0 Å². The quantitative estimate of drug-likeness (QED) is 0.416. The van der Waals surface area contributed by atoms with Gasteiger partial charge in [0.25, 0.3) is 0 Å². The second kappa shape index (κ2) is 7.02. The minimum absolute atomic E-state index is 0.0332. The Kier molecular flexibility index (Phi) is 5.07.